The third kappa shape index (κ3) is 2.76. The molecule has 17 heavy (non-hydrogen) atoms. The lowest BCUT2D eigenvalue weighted by Crippen LogP contribution is -2.26. The molecule has 0 aliphatic rings. The van der Waals surface area contributed by atoms with Crippen molar-refractivity contribution >= 4 is 21.8 Å². The molecule has 2 aromatic rings. The number of aromatic nitrogens is 2. The van der Waals surface area contributed by atoms with E-state index in [1.807, 2.05) is 17.8 Å². The monoisotopic (exact) mass is 297 g/mol. The fourth-order valence-electron chi connectivity index (χ4n) is 1.48. The van der Waals surface area contributed by atoms with Crippen LogP contribution in [-0.4, -0.2) is 22.0 Å². The number of nitrogens with one attached hydrogen (secondary N) is 1. The molecule has 0 aliphatic carbocycles. The van der Waals surface area contributed by atoms with Crippen LogP contribution in [0.4, 0.5) is 0 Å². The maximum absolute atomic E-state index is 11.7. The molecule has 2 aromatic heterocycles. The first kappa shape index (κ1) is 11.9. The Hall–Kier alpha value is -1.56. The molecule has 90 valence electrons. The van der Waals surface area contributed by atoms with Crippen LogP contribution in [0.3, 0.4) is 0 Å². The zero-order chi connectivity index (χ0) is 12.3. The van der Waals surface area contributed by atoms with E-state index in [4.69, 9.17) is 4.42 Å². The van der Waals surface area contributed by atoms with E-state index in [0.29, 0.717) is 23.2 Å². The summed E-state index contributed by atoms with van der Waals surface area (Å²) in [5.74, 6) is 0.788. The topological polar surface area (TPSA) is 60.1 Å². The molecular weight excluding hydrogens is 286 g/mol. The lowest BCUT2D eigenvalue weighted by Gasteiger charge is -2.04. The summed E-state index contributed by atoms with van der Waals surface area (Å²) in [5.41, 5.74) is 0.504. The van der Waals surface area contributed by atoms with Crippen molar-refractivity contribution < 1.29 is 9.21 Å². The minimum Gasteiger partial charge on any atom is -0.457 e. The van der Waals surface area contributed by atoms with Gasteiger partial charge in [-0.2, -0.15) is 0 Å². The molecule has 0 radical (unpaired) electrons. The minimum atomic E-state index is -0.153. The first-order valence-electron chi connectivity index (χ1n) is 5.16. The molecule has 0 atom stereocenters. The average Bonchev–Trinajstić information content (AvgIpc) is 2.88. The van der Waals surface area contributed by atoms with E-state index >= 15 is 0 Å². The standard InChI is InChI=1S/C11H12BrN3O2/c1-15-6-5-13-9(15)2-4-14-11(16)8-3-7-17-10(8)12/h3,5-7H,2,4H2,1H3,(H,14,16). The Morgan fingerprint density at radius 3 is 3.06 bits per heavy atom. The smallest absolute Gasteiger partial charge is 0.255 e. The normalized spacial score (nSPS) is 10.5. The number of carbonyl (C=O) groups is 1. The highest BCUT2D eigenvalue weighted by atomic mass is 79.9. The third-order valence-electron chi connectivity index (χ3n) is 2.42. The van der Waals surface area contributed by atoms with Crippen LogP contribution in [0.1, 0.15) is 16.2 Å². The molecule has 1 amide bonds. The van der Waals surface area contributed by atoms with Crippen molar-refractivity contribution in [3.63, 3.8) is 0 Å². The van der Waals surface area contributed by atoms with Gasteiger partial charge in [0.05, 0.1) is 11.8 Å². The van der Waals surface area contributed by atoms with Gasteiger partial charge in [0.1, 0.15) is 5.82 Å². The van der Waals surface area contributed by atoms with Gasteiger partial charge in [-0.3, -0.25) is 4.79 Å². The van der Waals surface area contributed by atoms with Crippen molar-refractivity contribution in [2.45, 2.75) is 6.42 Å². The van der Waals surface area contributed by atoms with E-state index in [0.717, 1.165) is 5.82 Å². The Morgan fingerprint density at radius 2 is 2.47 bits per heavy atom. The van der Waals surface area contributed by atoms with Crippen molar-refractivity contribution in [1.29, 1.82) is 0 Å². The second-order valence-electron chi connectivity index (χ2n) is 3.57. The van der Waals surface area contributed by atoms with Gasteiger partial charge < -0.3 is 14.3 Å². The maximum atomic E-state index is 11.7. The summed E-state index contributed by atoms with van der Waals surface area (Å²) in [5, 5.41) is 2.81. The molecule has 1 N–H and O–H groups in total. The number of nitrogens with zero attached hydrogens (tertiary/aromatic N) is 2. The van der Waals surface area contributed by atoms with Gasteiger partial charge in [-0.05, 0) is 22.0 Å². The molecule has 0 saturated carbocycles. The number of hydrogen-bond acceptors (Lipinski definition) is 3. The van der Waals surface area contributed by atoms with Crippen LogP contribution in [0.25, 0.3) is 0 Å². The van der Waals surface area contributed by atoms with Gasteiger partial charge in [-0.25, -0.2) is 4.98 Å². The van der Waals surface area contributed by atoms with Gasteiger partial charge in [0.25, 0.3) is 5.91 Å². The zero-order valence-electron chi connectivity index (χ0n) is 9.31. The highest BCUT2D eigenvalue weighted by Crippen LogP contribution is 2.16. The number of carbonyl (C=O) groups excluding carboxylic acids is 1. The Kier molecular flexibility index (Phi) is 3.63. The van der Waals surface area contributed by atoms with E-state index in [-0.39, 0.29) is 5.91 Å². The molecule has 0 fully saturated rings. The predicted octanol–water partition coefficient (Wildman–Crippen LogP) is 1.75. The molecule has 0 aliphatic heterocycles. The van der Waals surface area contributed by atoms with Crippen LogP contribution >= 0.6 is 15.9 Å². The number of amides is 1. The molecule has 0 bridgehead atoms. The fourth-order valence-corrected chi connectivity index (χ4v) is 1.90. The quantitative estimate of drug-likeness (QED) is 0.935. The Balaban J connectivity index is 1.86. The van der Waals surface area contributed by atoms with Gasteiger partial charge in [0.2, 0.25) is 0 Å². The number of imidazole rings is 1. The number of furan rings is 1. The number of hydrogen-bond donors (Lipinski definition) is 1. The van der Waals surface area contributed by atoms with E-state index in [9.17, 15) is 4.79 Å². The number of aryl methyl sites for hydroxylation is 1. The zero-order valence-corrected chi connectivity index (χ0v) is 10.9. The van der Waals surface area contributed by atoms with E-state index in [1.54, 1.807) is 12.3 Å². The van der Waals surface area contributed by atoms with Gasteiger partial charge in [-0.15, -0.1) is 0 Å². The second kappa shape index (κ2) is 5.18. The van der Waals surface area contributed by atoms with Crippen LogP contribution in [0, 0.1) is 0 Å². The predicted molar refractivity (Wildman–Crippen MR) is 65.7 cm³/mol. The van der Waals surface area contributed by atoms with Gasteiger partial charge >= 0.3 is 0 Å². The summed E-state index contributed by atoms with van der Waals surface area (Å²) in [7, 11) is 1.93. The summed E-state index contributed by atoms with van der Waals surface area (Å²) in [6.07, 6.45) is 5.79. The summed E-state index contributed by atoms with van der Waals surface area (Å²) in [6.45, 7) is 0.543. The van der Waals surface area contributed by atoms with Crippen molar-refractivity contribution in [1.82, 2.24) is 14.9 Å². The molecule has 2 rings (SSSR count). The van der Waals surface area contributed by atoms with Crippen molar-refractivity contribution in [2.24, 2.45) is 7.05 Å². The van der Waals surface area contributed by atoms with Gasteiger partial charge in [0.15, 0.2) is 4.67 Å². The van der Waals surface area contributed by atoms with E-state index in [2.05, 4.69) is 26.2 Å². The third-order valence-corrected chi connectivity index (χ3v) is 3.03. The average molecular weight is 298 g/mol. The SMILES string of the molecule is Cn1ccnc1CCNC(=O)c1ccoc1Br. The Bertz CT molecular complexity index is 518. The molecule has 0 unspecified atom stereocenters. The molecule has 0 spiro atoms. The molecular formula is C11H12BrN3O2. The molecule has 6 heteroatoms. The fraction of sp³-hybridized carbons (Fsp3) is 0.273. The van der Waals surface area contributed by atoms with Crippen LogP contribution in [0.2, 0.25) is 0 Å². The Labute approximate surface area is 107 Å². The van der Waals surface area contributed by atoms with E-state index < -0.39 is 0 Å². The lowest BCUT2D eigenvalue weighted by molar-refractivity contribution is 0.0952. The summed E-state index contributed by atoms with van der Waals surface area (Å²) in [4.78, 5) is 15.9. The molecule has 0 saturated heterocycles. The second-order valence-corrected chi connectivity index (χ2v) is 4.29. The van der Waals surface area contributed by atoms with E-state index in [1.165, 1.54) is 6.26 Å². The highest BCUT2D eigenvalue weighted by molar-refractivity contribution is 9.10. The van der Waals surface area contributed by atoms with Gasteiger partial charge in [0, 0.05) is 32.4 Å². The van der Waals surface area contributed by atoms with Crippen LogP contribution in [-0.2, 0) is 13.5 Å². The van der Waals surface area contributed by atoms with Crippen molar-refractivity contribution in [2.75, 3.05) is 6.54 Å². The largest absolute Gasteiger partial charge is 0.457 e. The summed E-state index contributed by atoms with van der Waals surface area (Å²) < 4.78 is 7.38. The maximum Gasteiger partial charge on any atom is 0.255 e. The van der Waals surface area contributed by atoms with Crippen LogP contribution in [0.15, 0.2) is 33.8 Å². The highest BCUT2D eigenvalue weighted by Gasteiger charge is 2.11. The molecule has 0 aromatic carbocycles. The van der Waals surface area contributed by atoms with Crippen molar-refractivity contribution in [3.8, 4) is 0 Å². The number of halogens is 1. The first-order valence-corrected chi connectivity index (χ1v) is 5.95. The Morgan fingerprint density at radius 1 is 1.65 bits per heavy atom. The molecule has 2 heterocycles. The lowest BCUT2D eigenvalue weighted by atomic mass is 10.3. The van der Waals surface area contributed by atoms with Gasteiger partial charge in [-0.1, -0.05) is 0 Å². The van der Waals surface area contributed by atoms with Crippen LogP contribution in [0.5, 0.6) is 0 Å². The molecule has 5 nitrogen and oxygen atoms in total. The van der Waals surface area contributed by atoms with Crippen molar-refractivity contribution in [3.05, 3.63) is 40.8 Å². The van der Waals surface area contributed by atoms with Crippen LogP contribution < -0.4 is 5.32 Å². The summed E-state index contributed by atoms with van der Waals surface area (Å²) in [6, 6.07) is 1.63. The summed E-state index contributed by atoms with van der Waals surface area (Å²) >= 11 is 3.17. The first-order chi connectivity index (χ1) is 8.18. The minimum absolute atomic E-state index is 0.153. The number of rotatable bonds is 4.